The number of carbonyl (C=O) groups excluding carboxylic acids is 2. The number of aromatic nitrogens is 1. The lowest BCUT2D eigenvalue weighted by Gasteiger charge is -2.20. The van der Waals surface area contributed by atoms with E-state index in [1.807, 2.05) is 37.5 Å². The zero-order chi connectivity index (χ0) is 25.3. The predicted molar refractivity (Wildman–Crippen MR) is 132 cm³/mol. The van der Waals surface area contributed by atoms with E-state index in [1.165, 1.54) is 29.6 Å². The highest BCUT2D eigenvalue weighted by molar-refractivity contribution is 7.92. The van der Waals surface area contributed by atoms with Gasteiger partial charge >= 0.3 is 5.97 Å². The average Bonchev–Trinajstić information content (AvgIpc) is 3.42. The lowest BCUT2D eigenvalue weighted by molar-refractivity contribution is 0.0471. The van der Waals surface area contributed by atoms with Gasteiger partial charge in [-0.15, -0.1) is 0 Å². The molecule has 9 heteroatoms. The predicted octanol–water partition coefficient (Wildman–Crippen LogP) is 3.92. The molecule has 0 aliphatic carbocycles. The van der Waals surface area contributed by atoms with Crippen LogP contribution in [-0.2, 0) is 27.7 Å². The first-order chi connectivity index (χ1) is 16.7. The fraction of sp³-hybridized carbons (Fsp3) is 0.308. The molecule has 1 aliphatic rings. The van der Waals surface area contributed by atoms with Crippen LogP contribution >= 0.6 is 0 Å². The Morgan fingerprint density at radius 3 is 2.46 bits per heavy atom. The van der Waals surface area contributed by atoms with Crippen molar-refractivity contribution in [1.82, 2.24) is 4.57 Å². The van der Waals surface area contributed by atoms with Gasteiger partial charge in [-0.05, 0) is 63.1 Å². The average molecular weight is 497 g/mol. The van der Waals surface area contributed by atoms with Gasteiger partial charge in [-0.3, -0.25) is 9.10 Å². The van der Waals surface area contributed by atoms with E-state index in [9.17, 15) is 18.0 Å². The number of ether oxygens (including phenoxy) is 2. The fourth-order valence-corrected chi connectivity index (χ4v) is 6.08. The minimum atomic E-state index is -3.92. The molecule has 3 aromatic rings. The van der Waals surface area contributed by atoms with Gasteiger partial charge in [-0.25, -0.2) is 13.2 Å². The molecule has 184 valence electrons. The summed E-state index contributed by atoms with van der Waals surface area (Å²) in [5, 5.41) is 0. The number of Topliss-reactive ketones (excluding diaryl/α,β-unsaturated/α-hetero) is 1. The zero-order valence-electron chi connectivity index (χ0n) is 20.2. The lowest BCUT2D eigenvalue weighted by atomic mass is 10.1. The summed E-state index contributed by atoms with van der Waals surface area (Å²) in [5.74, 6) is -1.01. The summed E-state index contributed by atoms with van der Waals surface area (Å²) >= 11 is 0. The maximum Gasteiger partial charge on any atom is 0.342 e. The molecule has 0 radical (unpaired) electrons. The van der Waals surface area contributed by atoms with Crippen LogP contribution in [0.4, 0.5) is 5.69 Å². The van der Waals surface area contributed by atoms with E-state index in [0.717, 1.165) is 23.5 Å². The molecular weight excluding hydrogens is 468 g/mol. The van der Waals surface area contributed by atoms with E-state index in [0.29, 0.717) is 24.2 Å². The van der Waals surface area contributed by atoms with Gasteiger partial charge in [-0.2, -0.15) is 0 Å². The van der Waals surface area contributed by atoms with Gasteiger partial charge < -0.3 is 14.0 Å². The summed E-state index contributed by atoms with van der Waals surface area (Å²) in [6.07, 6.45) is 0.612. The first-order valence-electron chi connectivity index (χ1n) is 11.3. The molecule has 8 nitrogen and oxygen atoms in total. The third-order valence-electron chi connectivity index (χ3n) is 6.35. The van der Waals surface area contributed by atoms with Crippen molar-refractivity contribution in [2.24, 2.45) is 0 Å². The van der Waals surface area contributed by atoms with Crippen molar-refractivity contribution >= 4 is 27.5 Å². The third-order valence-corrected chi connectivity index (χ3v) is 8.16. The van der Waals surface area contributed by atoms with Crippen molar-refractivity contribution in [3.63, 3.8) is 0 Å². The maximum absolute atomic E-state index is 13.4. The molecule has 0 N–H and O–H groups in total. The quantitative estimate of drug-likeness (QED) is 0.347. The van der Waals surface area contributed by atoms with E-state index in [1.54, 1.807) is 18.2 Å². The monoisotopic (exact) mass is 496 g/mol. The minimum absolute atomic E-state index is 0.0558. The SMILES string of the molecule is CCn1c(C)cc(C(=O)COC(=O)c2cc(S(=O)(=O)N3CCc4ccccc43)ccc2OC)c1C. The van der Waals surface area contributed by atoms with Crippen LogP contribution in [0.25, 0.3) is 0 Å². The number of hydrogen-bond donors (Lipinski definition) is 0. The van der Waals surface area contributed by atoms with E-state index < -0.39 is 22.6 Å². The number of sulfonamides is 1. The second-order valence-corrected chi connectivity index (χ2v) is 10.2. The summed E-state index contributed by atoms with van der Waals surface area (Å²) < 4.78 is 40.7. The Kier molecular flexibility index (Phi) is 6.71. The Hall–Kier alpha value is -3.59. The molecule has 0 spiro atoms. The molecule has 4 rings (SSSR count). The minimum Gasteiger partial charge on any atom is -0.496 e. The Labute approximate surface area is 205 Å². The number of rotatable bonds is 8. The van der Waals surface area contributed by atoms with E-state index in [4.69, 9.17) is 9.47 Å². The Bertz CT molecular complexity index is 1410. The van der Waals surface area contributed by atoms with E-state index in [-0.39, 0.29) is 22.0 Å². The zero-order valence-corrected chi connectivity index (χ0v) is 21.0. The molecule has 0 fully saturated rings. The Morgan fingerprint density at radius 2 is 1.77 bits per heavy atom. The van der Waals surface area contributed by atoms with Crippen LogP contribution in [0.5, 0.6) is 5.75 Å². The van der Waals surface area contributed by atoms with Gasteiger partial charge in [0.15, 0.2) is 6.61 Å². The highest BCUT2D eigenvalue weighted by atomic mass is 32.2. The summed E-state index contributed by atoms with van der Waals surface area (Å²) in [4.78, 5) is 25.6. The van der Waals surface area contributed by atoms with E-state index in [2.05, 4.69) is 0 Å². The molecule has 0 saturated heterocycles. The number of aryl methyl sites for hydroxylation is 1. The van der Waals surface area contributed by atoms with E-state index >= 15 is 0 Å². The number of anilines is 1. The van der Waals surface area contributed by atoms with Gasteiger partial charge in [0, 0.05) is 30.0 Å². The molecule has 2 aromatic carbocycles. The summed E-state index contributed by atoms with van der Waals surface area (Å²) in [6.45, 7) is 6.33. The van der Waals surface area contributed by atoms with Gasteiger partial charge in [0.25, 0.3) is 10.0 Å². The van der Waals surface area contributed by atoms with Crippen LogP contribution in [0.1, 0.15) is 44.6 Å². The van der Waals surface area contributed by atoms with Crippen LogP contribution < -0.4 is 9.04 Å². The number of ketones is 1. The second kappa shape index (κ2) is 9.58. The van der Waals surface area contributed by atoms with Crippen molar-refractivity contribution < 1.29 is 27.5 Å². The van der Waals surface area contributed by atoms with Crippen LogP contribution in [0.15, 0.2) is 53.4 Å². The van der Waals surface area contributed by atoms with Crippen molar-refractivity contribution in [1.29, 1.82) is 0 Å². The molecule has 2 heterocycles. The van der Waals surface area contributed by atoms with Crippen LogP contribution in [0.2, 0.25) is 0 Å². The largest absolute Gasteiger partial charge is 0.496 e. The van der Waals surface area contributed by atoms with Gasteiger partial charge in [-0.1, -0.05) is 18.2 Å². The van der Waals surface area contributed by atoms with Crippen LogP contribution in [0, 0.1) is 13.8 Å². The van der Waals surface area contributed by atoms with Crippen LogP contribution in [0.3, 0.4) is 0 Å². The molecule has 0 unspecified atom stereocenters. The van der Waals surface area contributed by atoms with Gasteiger partial charge in [0.05, 0.1) is 17.7 Å². The molecule has 0 amide bonds. The number of nitrogens with zero attached hydrogens (tertiary/aromatic N) is 2. The molecule has 0 atom stereocenters. The van der Waals surface area contributed by atoms with Gasteiger partial charge in [0.1, 0.15) is 11.3 Å². The smallest absolute Gasteiger partial charge is 0.342 e. The summed E-state index contributed by atoms with van der Waals surface area (Å²) in [7, 11) is -2.54. The topological polar surface area (TPSA) is 94.9 Å². The number of hydrogen-bond acceptors (Lipinski definition) is 6. The number of para-hydroxylation sites is 1. The highest BCUT2D eigenvalue weighted by Gasteiger charge is 2.32. The molecule has 0 saturated carbocycles. The maximum atomic E-state index is 13.4. The molecule has 1 aromatic heterocycles. The number of fused-ring (bicyclic) bond motifs is 1. The molecule has 0 bridgehead atoms. The number of esters is 1. The fourth-order valence-electron chi connectivity index (χ4n) is 4.55. The number of methoxy groups -OCH3 is 1. The molecular formula is C26H28N2O6S. The summed E-state index contributed by atoms with van der Waals surface area (Å²) in [5.41, 5.74) is 3.76. The van der Waals surface area contributed by atoms with Gasteiger partial charge in [0.2, 0.25) is 5.78 Å². The Morgan fingerprint density at radius 1 is 1.03 bits per heavy atom. The standard InChI is InChI=1S/C26H28N2O6S/c1-5-27-17(2)14-21(18(27)3)24(29)16-34-26(30)22-15-20(10-11-25(22)33-4)35(31,32)28-13-12-19-8-6-7-9-23(19)28/h6-11,14-15H,5,12-13,16H2,1-4H3. The second-order valence-electron chi connectivity index (χ2n) is 8.35. The Balaban J connectivity index is 1.57. The first-order valence-corrected chi connectivity index (χ1v) is 12.8. The number of carbonyl (C=O) groups is 2. The number of benzene rings is 2. The normalized spacial score (nSPS) is 13.0. The third kappa shape index (κ3) is 4.43. The summed E-state index contributed by atoms with van der Waals surface area (Å²) in [6, 6.07) is 13.2. The van der Waals surface area contributed by atoms with Crippen molar-refractivity contribution in [3.05, 3.63) is 76.6 Å². The first kappa shape index (κ1) is 24.5. The lowest BCUT2D eigenvalue weighted by Crippen LogP contribution is -2.29. The molecule has 35 heavy (non-hydrogen) atoms. The van der Waals surface area contributed by atoms with Crippen molar-refractivity contribution in [2.75, 3.05) is 24.6 Å². The van der Waals surface area contributed by atoms with Crippen LogP contribution in [-0.4, -0.2) is 45.0 Å². The molecule has 1 aliphatic heterocycles. The highest BCUT2D eigenvalue weighted by Crippen LogP contribution is 2.34. The van der Waals surface area contributed by atoms with Crippen molar-refractivity contribution in [2.45, 2.75) is 38.6 Å². The van der Waals surface area contributed by atoms with Crippen molar-refractivity contribution in [3.8, 4) is 5.75 Å².